The highest BCUT2D eigenvalue weighted by Crippen LogP contribution is 2.37. The lowest BCUT2D eigenvalue weighted by Crippen LogP contribution is -2.56. The molecule has 0 bridgehead atoms. The fourth-order valence-corrected chi connectivity index (χ4v) is 3.93. The van der Waals surface area contributed by atoms with E-state index in [0.717, 1.165) is 6.04 Å². The minimum absolute atomic E-state index is 0.377. The average Bonchev–Trinajstić information content (AvgIpc) is 2.41. The first-order valence-electron chi connectivity index (χ1n) is 8.13. The zero-order valence-electron chi connectivity index (χ0n) is 13.4. The summed E-state index contributed by atoms with van der Waals surface area (Å²) in [5.41, 5.74) is 6.88. The van der Waals surface area contributed by atoms with E-state index in [-0.39, 0.29) is 0 Å². The average molecular weight is 267 g/mol. The molecule has 3 nitrogen and oxygen atoms in total. The molecule has 2 atom stereocenters. The largest absolute Gasteiger partial charge is 0.326 e. The molecule has 1 aliphatic carbocycles. The van der Waals surface area contributed by atoms with Gasteiger partial charge in [0.1, 0.15) is 0 Å². The van der Waals surface area contributed by atoms with E-state index in [2.05, 4.69) is 37.6 Å². The van der Waals surface area contributed by atoms with Crippen molar-refractivity contribution >= 4 is 0 Å². The van der Waals surface area contributed by atoms with Crippen LogP contribution >= 0.6 is 0 Å². The zero-order chi connectivity index (χ0) is 14.0. The summed E-state index contributed by atoms with van der Waals surface area (Å²) < 4.78 is 0. The maximum Gasteiger partial charge on any atom is 0.0252 e. The molecule has 2 rings (SSSR count). The fraction of sp³-hybridized carbons (Fsp3) is 1.00. The first kappa shape index (κ1) is 15.3. The summed E-state index contributed by atoms with van der Waals surface area (Å²) in [6.45, 7) is 10.8. The summed E-state index contributed by atoms with van der Waals surface area (Å²) >= 11 is 0. The second-order valence-corrected chi connectivity index (χ2v) is 7.47. The molecule has 19 heavy (non-hydrogen) atoms. The van der Waals surface area contributed by atoms with Gasteiger partial charge in [-0.2, -0.15) is 0 Å². The summed E-state index contributed by atoms with van der Waals surface area (Å²) in [4.78, 5) is 5.19. The topological polar surface area (TPSA) is 32.5 Å². The second-order valence-electron chi connectivity index (χ2n) is 7.47. The molecule has 3 heteroatoms. The van der Waals surface area contributed by atoms with Crippen molar-refractivity contribution in [3.63, 3.8) is 0 Å². The van der Waals surface area contributed by atoms with E-state index in [1.165, 1.54) is 51.7 Å². The highest BCUT2D eigenvalue weighted by Gasteiger charge is 2.37. The predicted molar refractivity (Wildman–Crippen MR) is 82.3 cm³/mol. The van der Waals surface area contributed by atoms with Crippen LogP contribution in [0.4, 0.5) is 0 Å². The number of hydrogen-bond acceptors (Lipinski definition) is 3. The van der Waals surface area contributed by atoms with Crippen LogP contribution in [0.15, 0.2) is 0 Å². The van der Waals surface area contributed by atoms with Crippen molar-refractivity contribution in [3.8, 4) is 0 Å². The third kappa shape index (κ3) is 3.71. The van der Waals surface area contributed by atoms with Gasteiger partial charge in [-0.25, -0.2) is 0 Å². The zero-order valence-corrected chi connectivity index (χ0v) is 13.4. The number of nitrogens with zero attached hydrogens (tertiary/aromatic N) is 2. The molecule has 2 unspecified atom stereocenters. The Bertz CT molecular complexity index is 282. The molecule has 2 aliphatic rings. The van der Waals surface area contributed by atoms with Gasteiger partial charge in [-0.05, 0) is 64.2 Å². The van der Waals surface area contributed by atoms with Crippen LogP contribution in [0, 0.1) is 5.41 Å². The number of nitrogens with two attached hydrogens (primary N) is 1. The minimum atomic E-state index is 0.377. The van der Waals surface area contributed by atoms with Crippen molar-refractivity contribution < 1.29 is 0 Å². The summed E-state index contributed by atoms with van der Waals surface area (Å²) in [5, 5.41) is 0. The molecule has 1 heterocycles. The normalized spacial score (nSPS) is 33.8. The minimum Gasteiger partial charge on any atom is -0.326 e. The van der Waals surface area contributed by atoms with Gasteiger partial charge in [0.05, 0.1) is 0 Å². The Hall–Kier alpha value is -0.120. The fourth-order valence-electron chi connectivity index (χ4n) is 3.93. The Kier molecular flexibility index (Phi) is 4.91. The van der Waals surface area contributed by atoms with E-state index in [4.69, 9.17) is 5.73 Å². The SMILES string of the molecule is CCN1CCC(N(C)C2CC(C)(C)CCC2N)CC1. The van der Waals surface area contributed by atoms with E-state index < -0.39 is 0 Å². The molecule has 0 aromatic heterocycles. The van der Waals surface area contributed by atoms with E-state index in [1.807, 2.05) is 0 Å². The highest BCUT2D eigenvalue weighted by molar-refractivity contribution is 4.94. The van der Waals surface area contributed by atoms with Crippen LogP contribution in [0.25, 0.3) is 0 Å². The van der Waals surface area contributed by atoms with E-state index in [1.54, 1.807) is 0 Å². The first-order valence-corrected chi connectivity index (χ1v) is 8.13. The van der Waals surface area contributed by atoms with Crippen LogP contribution < -0.4 is 5.73 Å². The molecule has 0 spiro atoms. The van der Waals surface area contributed by atoms with Crippen LogP contribution in [0.3, 0.4) is 0 Å². The van der Waals surface area contributed by atoms with Gasteiger partial charge in [0.25, 0.3) is 0 Å². The predicted octanol–water partition coefficient (Wildman–Crippen LogP) is 2.31. The Labute approximate surface area is 119 Å². The van der Waals surface area contributed by atoms with Crippen molar-refractivity contribution in [1.29, 1.82) is 0 Å². The summed E-state index contributed by atoms with van der Waals surface area (Å²) in [6.07, 6.45) is 6.36. The molecule has 1 saturated carbocycles. The number of hydrogen-bond donors (Lipinski definition) is 1. The van der Waals surface area contributed by atoms with Crippen molar-refractivity contribution in [2.75, 3.05) is 26.7 Å². The monoisotopic (exact) mass is 267 g/mol. The Morgan fingerprint density at radius 1 is 1.21 bits per heavy atom. The van der Waals surface area contributed by atoms with Crippen molar-refractivity contribution in [2.45, 2.75) is 71.0 Å². The van der Waals surface area contributed by atoms with Gasteiger partial charge < -0.3 is 10.6 Å². The third-order valence-electron chi connectivity index (χ3n) is 5.51. The van der Waals surface area contributed by atoms with Gasteiger partial charge in [-0.1, -0.05) is 20.8 Å². The number of rotatable bonds is 3. The van der Waals surface area contributed by atoms with Gasteiger partial charge in [0.2, 0.25) is 0 Å². The molecular weight excluding hydrogens is 234 g/mol. The Morgan fingerprint density at radius 3 is 2.42 bits per heavy atom. The van der Waals surface area contributed by atoms with Gasteiger partial charge >= 0.3 is 0 Å². The molecule has 2 fully saturated rings. The van der Waals surface area contributed by atoms with Gasteiger partial charge in [0, 0.05) is 18.1 Å². The lowest BCUT2D eigenvalue weighted by Gasteiger charge is -2.47. The molecule has 2 N–H and O–H groups in total. The molecular formula is C16H33N3. The molecule has 112 valence electrons. The van der Waals surface area contributed by atoms with Crippen LogP contribution in [-0.2, 0) is 0 Å². The van der Waals surface area contributed by atoms with Crippen molar-refractivity contribution in [2.24, 2.45) is 11.1 Å². The summed E-state index contributed by atoms with van der Waals surface area (Å²) in [6, 6.07) is 1.71. The van der Waals surface area contributed by atoms with Crippen molar-refractivity contribution in [3.05, 3.63) is 0 Å². The van der Waals surface area contributed by atoms with Crippen LogP contribution in [-0.4, -0.2) is 54.6 Å². The van der Waals surface area contributed by atoms with Crippen molar-refractivity contribution in [1.82, 2.24) is 9.80 Å². The summed E-state index contributed by atoms with van der Waals surface area (Å²) in [5.74, 6) is 0. The van der Waals surface area contributed by atoms with Crippen LogP contribution in [0.2, 0.25) is 0 Å². The lowest BCUT2D eigenvalue weighted by molar-refractivity contribution is 0.0405. The first-order chi connectivity index (χ1) is 8.93. The standard InChI is InChI=1S/C16H33N3/c1-5-19-10-7-13(8-11-19)18(4)15-12-16(2,3)9-6-14(15)17/h13-15H,5-12,17H2,1-4H3. The molecule has 1 aliphatic heterocycles. The quantitative estimate of drug-likeness (QED) is 0.852. The smallest absolute Gasteiger partial charge is 0.0252 e. The maximum atomic E-state index is 6.41. The molecule has 0 aromatic rings. The maximum absolute atomic E-state index is 6.41. The molecule has 0 aromatic carbocycles. The van der Waals surface area contributed by atoms with Gasteiger partial charge in [0.15, 0.2) is 0 Å². The van der Waals surface area contributed by atoms with E-state index >= 15 is 0 Å². The number of likely N-dealkylation sites (N-methyl/N-ethyl adjacent to an activating group) is 1. The molecule has 0 amide bonds. The second kappa shape index (κ2) is 6.11. The summed E-state index contributed by atoms with van der Waals surface area (Å²) in [7, 11) is 2.32. The molecule has 1 saturated heterocycles. The van der Waals surface area contributed by atoms with Crippen LogP contribution in [0.1, 0.15) is 52.9 Å². The lowest BCUT2D eigenvalue weighted by atomic mass is 9.72. The Balaban J connectivity index is 1.93. The third-order valence-corrected chi connectivity index (χ3v) is 5.51. The number of likely N-dealkylation sites (tertiary alicyclic amines) is 1. The number of piperidine rings is 1. The van der Waals surface area contributed by atoms with Crippen LogP contribution in [0.5, 0.6) is 0 Å². The van der Waals surface area contributed by atoms with Gasteiger partial charge in [-0.15, -0.1) is 0 Å². The van der Waals surface area contributed by atoms with Gasteiger partial charge in [-0.3, -0.25) is 4.90 Å². The highest BCUT2D eigenvalue weighted by atomic mass is 15.2. The molecule has 0 radical (unpaired) electrons. The van der Waals surface area contributed by atoms with E-state index in [9.17, 15) is 0 Å². The Morgan fingerprint density at radius 2 is 1.84 bits per heavy atom. The van der Waals surface area contributed by atoms with E-state index in [0.29, 0.717) is 17.5 Å².